The van der Waals surface area contributed by atoms with E-state index in [0.717, 1.165) is 0 Å². The van der Waals surface area contributed by atoms with Gasteiger partial charge >= 0.3 is 5.69 Å². The van der Waals surface area contributed by atoms with Crippen LogP contribution in [0.4, 0.5) is 0 Å². The summed E-state index contributed by atoms with van der Waals surface area (Å²) in [4.78, 5) is 24.5. The van der Waals surface area contributed by atoms with Gasteiger partial charge in [0.05, 0.1) is 12.6 Å². The lowest BCUT2D eigenvalue weighted by Crippen LogP contribution is -2.33. The first kappa shape index (κ1) is 11.2. The number of nitrogens with zero attached hydrogens (tertiary/aromatic N) is 2. The summed E-state index contributed by atoms with van der Waals surface area (Å²) in [6, 6.07) is 1.49. The Labute approximate surface area is 85.7 Å². The maximum Gasteiger partial charge on any atom is 0.328 e. The van der Waals surface area contributed by atoms with Crippen molar-refractivity contribution in [3.63, 3.8) is 0 Å². The van der Waals surface area contributed by atoms with Crippen LogP contribution in [0.2, 0.25) is 0 Å². The van der Waals surface area contributed by atoms with Crippen molar-refractivity contribution in [2.45, 2.75) is 13.0 Å². The summed E-state index contributed by atoms with van der Waals surface area (Å²) in [6.45, 7) is 2.08. The van der Waals surface area contributed by atoms with Crippen molar-refractivity contribution in [3.05, 3.63) is 32.6 Å². The number of hydrogen-bond acceptors (Lipinski definition) is 4. The minimum Gasteiger partial charge on any atom is -0.383 e. The largest absolute Gasteiger partial charge is 0.383 e. The Morgan fingerprint density at radius 2 is 2.33 bits per heavy atom. The predicted molar refractivity (Wildman–Crippen MR) is 52.6 cm³/mol. The van der Waals surface area contributed by atoms with Crippen molar-refractivity contribution in [2.24, 2.45) is 0 Å². The lowest BCUT2D eigenvalue weighted by molar-refractivity contribution is 0.160. The fraction of sp³-hybridized carbons (Fsp3) is 0.444. The molecule has 0 saturated heterocycles. The molecule has 0 spiro atoms. The minimum absolute atomic E-state index is 0.0856. The third-order valence-corrected chi connectivity index (χ3v) is 1.97. The molecule has 1 unspecified atom stereocenters. The molecule has 0 aliphatic carbocycles. The van der Waals surface area contributed by atoms with Gasteiger partial charge in [-0.3, -0.25) is 14.3 Å². The Bertz CT molecular complexity index is 495. The number of ether oxygens (including phenoxy) is 1. The van der Waals surface area contributed by atoms with Gasteiger partial charge in [0.15, 0.2) is 0 Å². The number of aromatic nitrogens is 2. The van der Waals surface area contributed by atoms with E-state index in [1.165, 1.54) is 17.9 Å². The molecule has 0 aromatic carbocycles. The van der Waals surface area contributed by atoms with Crippen LogP contribution in [0.5, 0.6) is 0 Å². The summed E-state index contributed by atoms with van der Waals surface area (Å²) < 4.78 is 6.15. The summed E-state index contributed by atoms with van der Waals surface area (Å²) in [5.74, 6) is 0. The Morgan fingerprint density at radius 1 is 1.67 bits per heavy atom. The van der Waals surface area contributed by atoms with Gasteiger partial charge in [-0.25, -0.2) is 4.79 Å². The number of rotatable bonds is 3. The molecular weight excluding hydrogens is 198 g/mol. The third-order valence-electron chi connectivity index (χ3n) is 1.97. The molecular formula is C9H11N3O3. The van der Waals surface area contributed by atoms with Gasteiger partial charge < -0.3 is 4.74 Å². The number of H-pyrrole nitrogens is 1. The molecule has 0 amide bonds. The van der Waals surface area contributed by atoms with E-state index in [1.54, 1.807) is 13.0 Å². The lowest BCUT2D eigenvalue weighted by Gasteiger charge is -2.12. The van der Waals surface area contributed by atoms with Crippen LogP contribution in [0.15, 0.2) is 15.8 Å². The summed E-state index contributed by atoms with van der Waals surface area (Å²) >= 11 is 0. The van der Waals surface area contributed by atoms with E-state index >= 15 is 0 Å². The number of nitriles is 1. The maximum atomic E-state index is 11.4. The fourth-order valence-electron chi connectivity index (χ4n) is 1.21. The normalized spacial score (nSPS) is 12.1. The molecule has 1 N–H and O–H groups in total. The standard InChI is InChI=1S/C9H11N3O3/c1-6(5-15-2)12-4-7(3-10)8(13)11-9(12)14/h4,6H,5H2,1-2H3,(H,11,13,14). The van der Waals surface area contributed by atoms with Crippen molar-refractivity contribution < 1.29 is 4.74 Å². The zero-order valence-electron chi connectivity index (χ0n) is 8.48. The molecule has 6 nitrogen and oxygen atoms in total. The van der Waals surface area contributed by atoms with Crippen molar-refractivity contribution in [1.82, 2.24) is 9.55 Å². The van der Waals surface area contributed by atoms with Crippen LogP contribution in [-0.2, 0) is 4.74 Å². The van der Waals surface area contributed by atoms with E-state index < -0.39 is 11.2 Å². The van der Waals surface area contributed by atoms with Crippen LogP contribution < -0.4 is 11.2 Å². The van der Waals surface area contributed by atoms with E-state index in [4.69, 9.17) is 10.00 Å². The van der Waals surface area contributed by atoms with Crippen LogP contribution >= 0.6 is 0 Å². The third kappa shape index (κ3) is 2.33. The van der Waals surface area contributed by atoms with Gasteiger partial charge in [0.25, 0.3) is 5.56 Å². The van der Waals surface area contributed by atoms with Crippen LogP contribution in [0, 0.1) is 11.3 Å². The van der Waals surface area contributed by atoms with Crippen LogP contribution in [-0.4, -0.2) is 23.3 Å². The zero-order chi connectivity index (χ0) is 11.4. The molecule has 0 aliphatic heterocycles. The van der Waals surface area contributed by atoms with Crippen molar-refractivity contribution in [1.29, 1.82) is 5.26 Å². The first-order valence-corrected chi connectivity index (χ1v) is 4.34. The van der Waals surface area contributed by atoms with E-state index in [-0.39, 0.29) is 11.6 Å². The first-order chi connectivity index (χ1) is 7.10. The summed E-state index contributed by atoms with van der Waals surface area (Å²) in [6.07, 6.45) is 1.24. The van der Waals surface area contributed by atoms with Gasteiger partial charge in [-0.1, -0.05) is 0 Å². The molecule has 6 heteroatoms. The number of aromatic amines is 1. The molecule has 0 radical (unpaired) electrons. The van der Waals surface area contributed by atoms with E-state index in [0.29, 0.717) is 6.61 Å². The van der Waals surface area contributed by atoms with Crippen molar-refractivity contribution in [3.8, 4) is 6.07 Å². The minimum atomic E-state index is -0.664. The highest BCUT2D eigenvalue weighted by atomic mass is 16.5. The van der Waals surface area contributed by atoms with Crippen molar-refractivity contribution in [2.75, 3.05) is 13.7 Å². The Morgan fingerprint density at radius 3 is 2.87 bits per heavy atom. The van der Waals surface area contributed by atoms with Gasteiger partial charge in [0, 0.05) is 13.3 Å². The number of nitrogens with one attached hydrogen (secondary N) is 1. The second-order valence-corrected chi connectivity index (χ2v) is 3.13. The monoisotopic (exact) mass is 209 g/mol. The van der Waals surface area contributed by atoms with Gasteiger partial charge in [0.2, 0.25) is 0 Å². The van der Waals surface area contributed by atoms with Gasteiger partial charge in [-0.05, 0) is 6.92 Å². The zero-order valence-corrected chi connectivity index (χ0v) is 8.48. The fourth-order valence-corrected chi connectivity index (χ4v) is 1.21. The smallest absolute Gasteiger partial charge is 0.328 e. The Balaban J connectivity index is 3.26. The van der Waals surface area contributed by atoms with Crippen LogP contribution in [0.1, 0.15) is 18.5 Å². The van der Waals surface area contributed by atoms with Crippen LogP contribution in [0.3, 0.4) is 0 Å². The second-order valence-electron chi connectivity index (χ2n) is 3.13. The highest BCUT2D eigenvalue weighted by Crippen LogP contribution is 2.01. The molecule has 15 heavy (non-hydrogen) atoms. The molecule has 1 heterocycles. The topological polar surface area (TPSA) is 87.9 Å². The molecule has 1 rings (SSSR count). The molecule has 0 fully saturated rings. The van der Waals surface area contributed by atoms with E-state index in [9.17, 15) is 9.59 Å². The second kappa shape index (κ2) is 4.57. The molecule has 0 aliphatic rings. The number of methoxy groups -OCH3 is 1. The highest BCUT2D eigenvalue weighted by Gasteiger charge is 2.09. The average molecular weight is 209 g/mol. The van der Waals surface area contributed by atoms with Crippen molar-refractivity contribution >= 4 is 0 Å². The predicted octanol–water partition coefficient (Wildman–Crippen LogP) is -0.384. The highest BCUT2D eigenvalue weighted by molar-refractivity contribution is 5.21. The first-order valence-electron chi connectivity index (χ1n) is 4.34. The SMILES string of the molecule is COCC(C)n1cc(C#N)c(=O)[nH]c1=O. The molecule has 0 bridgehead atoms. The molecule has 1 aromatic heterocycles. The molecule has 1 atom stereocenters. The summed E-state index contributed by atoms with van der Waals surface area (Å²) in [5, 5.41) is 8.63. The average Bonchev–Trinajstić information content (AvgIpc) is 2.18. The van der Waals surface area contributed by atoms with Crippen LogP contribution in [0.25, 0.3) is 0 Å². The molecule has 0 saturated carbocycles. The summed E-state index contributed by atoms with van der Waals surface area (Å²) in [5.41, 5.74) is -1.29. The van der Waals surface area contributed by atoms with Gasteiger partial charge in [-0.2, -0.15) is 5.26 Å². The lowest BCUT2D eigenvalue weighted by atomic mass is 10.3. The van der Waals surface area contributed by atoms with E-state index in [2.05, 4.69) is 4.98 Å². The number of hydrogen-bond donors (Lipinski definition) is 1. The maximum absolute atomic E-state index is 11.4. The Kier molecular flexibility index (Phi) is 3.42. The molecule has 1 aromatic rings. The van der Waals surface area contributed by atoms with E-state index in [1.807, 2.05) is 0 Å². The summed E-state index contributed by atoms with van der Waals surface area (Å²) in [7, 11) is 1.51. The van der Waals surface area contributed by atoms with Gasteiger partial charge in [0.1, 0.15) is 11.6 Å². The quantitative estimate of drug-likeness (QED) is 0.734. The van der Waals surface area contributed by atoms with Gasteiger partial charge in [-0.15, -0.1) is 0 Å². The molecule has 80 valence electrons. The Hall–Kier alpha value is -1.87.